The van der Waals surface area contributed by atoms with Crippen LogP contribution in [0.3, 0.4) is 0 Å². The highest BCUT2D eigenvalue weighted by atomic mass is 32.2. The fraction of sp³-hybridized carbons (Fsp3) is 0.607. The van der Waals surface area contributed by atoms with Gasteiger partial charge in [0, 0.05) is 39.5 Å². The van der Waals surface area contributed by atoms with Crippen molar-refractivity contribution in [1.29, 1.82) is 6.74 Å². The fourth-order valence-electron chi connectivity index (χ4n) is 4.90. The number of esters is 4. The number of nitrogens with zero attached hydrogens (tertiary/aromatic N) is 3. The van der Waals surface area contributed by atoms with Crippen molar-refractivity contribution >= 4 is 48.8 Å². The Kier molecular flexibility index (Phi) is 14.3. The minimum atomic E-state index is -1.68. The van der Waals surface area contributed by atoms with Crippen LogP contribution in [-0.4, -0.2) is 106 Å². The largest absolute Gasteiger partial charge is 0.463 e. The van der Waals surface area contributed by atoms with E-state index in [-0.39, 0.29) is 12.5 Å². The number of benzene rings is 1. The average molecular weight is 697 g/mol. The van der Waals surface area contributed by atoms with Gasteiger partial charge in [0.1, 0.15) is 37.1 Å². The van der Waals surface area contributed by atoms with Gasteiger partial charge in [0.2, 0.25) is 19.7 Å². The third kappa shape index (κ3) is 11.1. The summed E-state index contributed by atoms with van der Waals surface area (Å²) in [5, 5.41) is 11.6. The Balaban J connectivity index is 2.14. The van der Waals surface area contributed by atoms with Crippen LogP contribution in [0.4, 0.5) is 0 Å². The van der Waals surface area contributed by atoms with Gasteiger partial charge in [-0.05, 0) is 12.4 Å². The minimum absolute atomic E-state index is 0.0978. The van der Waals surface area contributed by atoms with Crippen molar-refractivity contribution < 1.29 is 66.0 Å². The van der Waals surface area contributed by atoms with Gasteiger partial charge in [-0.25, -0.2) is 0 Å². The van der Waals surface area contributed by atoms with Gasteiger partial charge in [0.15, 0.2) is 24.4 Å². The summed E-state index contributed by atoms with van der Waals surface area (Å²) in [6.07, 6.45) is -13.2. The molecule has 0 bridgehead atoms. The van der Waals surface area contributed by atoms with Crippen LogP contribution in [0.25, 0.3) is 10.4 Å². The van der Waals surface area contributed by atoms with Crippen molar-refractivity contribution in [2.24, 2.45) is 5.11 Å². The number of carbonyl (C=O) groups excluding carboxylic acids is 4. The van der Waals surface area contributed by atoms with Crippen molar-refractivity contribution in [3.8, 4) is 0 Å². The van der Waals surface area contributed by atoms with E-state index in [1.54, 1.807) is 30.3 Å². The molecular weight excluding hydrogens is 659 g/mol. The van der Waals surface area contributed by atoms with Crippen LogP contribution >= 0.6 is 11.9 Å². The van der Waals surface area contributed by atoms with Crippen LogP contribution in [-0.2, 0) is 72.6 Å². The molecule has 0 spiro atoms. The first-order valence-corrected chi connectivity index (χ1v) is 15.2. The summed E-state index contributed by atoms with van der Waals surface area (Å²) in [4.78, 5) is 51.5. The van der Waals surface area contributed by atoms with Gasteiger partial charge >= 0.3 is 23.9 Å². The predicted octanol–water partition coefficient (Wildman–Crippen LogP) is 1.90. The summed E-state index contributed by atoms with van der Waals surface area (Å²) in [5.74, 6) is -3.47. The van der Waals surface area contributed by atoms with Crippen LogP contribution in [0, 0.1) is 5.41 Å². The van der Waals surface area contributed by atoms with Crippen molar-refractivity contribution in [3.63, 3.8) is 0 Å². The van der Waals surface area contributed by atoms with Gasteiger partial charge < -0.3 is 42.1 Å². The quantitative estimate of drug-likeness (QED) is 0.0317. The first kappa shape index (κ1) is 36.9. The molecule has 0 aliphatic carbocycles. The molecule has 20 heteroatoms. The molecule has 2 heterocycles. The lowest BCUT2D eigenvalue weighted by atomic mass is 9.96. The molecule has 0 amide bonds. The third-order valence-corrected chi connectivity index (χ3v) is 6.96. The summed E-state index contributed by atoms with van der Waals surface area (Å²) in [6, 6.07) is 7.32. The SMILES string of the molecule is [3H][B]SO[C@H]1C(COC(C)=O)O[C@@H](O[C@H]2C(OC(C)=O)O[C@@H](OC(C)=N)C(OC(C)=O)[C@@H]2OCc2ccccc2)C(N=[N+]=[N-])[C@H]1OC(C)=O. The zero-order chi connectivity index (χ0) is 36.1. The maximum atomic E-state index is 12.3. The summed E-state index contributed by atoms with van der Waals surface area (Å²) < 4.78 is 64.7. The second-order valence-electron chi connectivity index (χ2n) is 10.4. The molecule has 1 aromatic carbocycles. The third-order valence-electron chi connectivity index (χ3n) is 6.63. The molecule has 10 atom stereocenters. The first-order chi connectivity index (χ1) is 23.3. The number of azide groups is 1. The van der Waals surface area contributed by atoms with Crippen LogP contribution in [0.1, 0.15) is 40.2 Å². The number of ether oxygens (including phenoxy) is 9. The monoisotopic (exact) mass is 697 g/mol. The zero-order valence-electron chi connectivity index (χ0n) is 27.6. The standard InChI is InChI=1S/C28H36BN4O14S/c1-13(30)40-27-24(42-16(4)36)23(39-11-18-9-7-6-8-10-18)25(28(46-27)43-17(5)37)45-26-20(32-33-31)22(41-15(3)35)21(47-48-29)19(44-26)12-38-14(2)34/h6-10,19-30H,11-12H2,1-5H3/t19?,20?,21-,22+,23-,24?,25+,26-,27+,28?/m0/s1/i29T. The molecule has 0 aromatic heterocycles. The highest BCUT2D eigenvalue weighted by Crippen LogP contribution is 2.36. The molecule has 4 unspecified atom stereocenters. The second kappa shape index (κ2) is 18.6. The fourth-order valence-corrected chi connectivity index (χ4v) is 5.27. The topological polar surface area (TPSA) is 233 Å². The van der Waals surface area contributed by atoms with Crippen LogP contribution in [0.5, 0.6) is 0 Å². The van der Waals surface area contributed by atoms with Gasteiger partial charge in [0.25, 0.3) is 0 Å². The molecule has 261 valence electrons. The van der Waals surface area contributed by atoms with Crippen molar-refractivity contribution in [1.82, 2.24) is 0 Å². The molecule has 2 aliphatic heterocycles. The van der Waals surface area contributed by atoms with E-state index >= 15 is 0 Å². The molecule has 1 aromatic rings. The van der Waals surface area contributed by atoms with Crippen LogP contribution < -0.4 is 0 Å². The van der Waals surface area contributed by atoms with Crippen LogP contribution in [0.15, 0.2) is 35.4 Å². The zero-order valence-corrected chi connectivity index (χ0v) is 27.4. The van der Waals surface area contributed by atoms with E-state index in [0.717, 1.165) is 34.8 Å². The lowest BCUT2D eigenvalue weighted by molar-refractivity contribution is -0.370. The first-order valence-electron chi connectivity index (χ1n) is 15.0. The van der Waals surface area contributed by atoms with Crippen molar-refractivity contribution in [2.75, 3.05) is 6.61 Å². The molecular formula is C28H36BN4O14S. The lowest BCUT2D eigenvalue weighted by Crippen LogP contribution is -2.66. The average Bonchev–Trinajstić information content (AvgIpc) is 3.02. The molecule has 2 saturated heterocycles. The number of hydrogen-bond donors (Lipinski definition) is 1. The van der Waals surface area contributed by atoms with E-state index in [0.29, 0.717) is 17.5 Å². The Morgan fingerprint density at radius 1 is 0.875 bits per heavy atom. The lowest BCUT2D eigenvalue weighted by Gasteiger charge is -2.48. The predicted molar refractivity (Wildman–Crippen MR) is 164 cm³/mol. The maximum absolute atomic E-state index is 12.3. The Labute approximate surface area is 282 Å². The maximum Gasteiger partial charge on any atom is 0.305 e. The van der Waals surface area contributed by atoms with Gasteiger partial charge in [-0.1, -0.05) is 47.3 Å². The van der Waals surface area contributed by atoms with Gasteiger partial charge in [-0.2, -0.15) is 0 Å². The number of carbonyl (C=O) groups is 4. The molecule has 2 fully saturated rings. The smallest absolute Gasteiger partial charge is 0.305 e. The minimum Gasteiger partial charge on any atom is -0.463 e. The number of hydrogen-bond acceptors (Lipinski definition) is 17. The van der Waals surface area contributed by atoms with Gasteiger partial charge in [-0.3, -0.25) is 29.3 Å². The van der Waals surface area contributed by atoms with Crippen molar-refractivity contribution in [3.05, 3.63) is 46.3 Å². The number of nitrogens with one attached hydrogen (secondary N) is 1. The molecule has 2 aliphatic rings. The van der Waals surface area contributed by atoms with E-state index < -0.39 is 92.0 Å². The molecule has 1 N–H and O–H groups in total. The Hall–Kier alpha value is -3.91. The Bertz CT molecular complexity index is 1360. The van der Waals surface area contributed by atoms with E-state index in [1.807, 2.05) is 0 Å². The normalized spacial score (nSPS) is 30.0. The summed E-state index contributed by atoms with van der Waals surface area (Å²) in [6.45, 7) is 5.18. The van der Waals surface area contributed by atoms with E-state index in [2.05, 4.69) is 10.0 Å². The van der Waals surface area contributed by atoms with Gasteiger partial charge in [0.05, 0.1) is 6.61 Å². The highest BCUT2D eigenvalue weighted by Gasteiger charge is 2.56. The number of rotatable bonds is 15. The molecule has 1 radical (unpaired) electrons. The van der Waals surface area contributed by atoms with Gasteiger partial charge in [-0.15, -0.1) is 0 Å². The van der Waals surface area contributed by atoms with E-state index in [4.69, 9.17) is 53.6 Å². The molecule has 18 nitrogen and oxygen atoms in total. The molecule has 3 rings (SSSR count). The Morgan fingerprint density at radius 2 is 1.52 bits per heavy atom. The van der Waals surface area contributed by atoms with Crippen molar-refractivity contribution in [2.45, 2.75) is 103 Å². The summed E-state index contributed by atoms with van der Waals surface area (Å²) in [7, 11) is 0.834. The second-order valence-corrected chi connectivity index (χ2v) is 10.7. The van der Waals surface area contributed by atoms with E-state index in [1.165, 1.54) is 6.92 Å². The molecule has 0 saturated carbocycles. The molecule has 48 heavy (non-hydrogen) atoms. The van der Waals surface area contributed by atoms with Crippen LogP contribution in [0.2, 0.25) is 0 Å². The Morgan fingerprint density at radius 3 is 2.10 bits per heavy atom. The highest BCUT2D eigenvalue weighted by molar-refractivity contribution is 8.15. The summed E-state index contributed by atoms with van der Waals surface area (Å²) in [5.41, 5.74) is 10.2. The van der Waals surface area contributed by atoms with E-state index in [9.17, 15) is 24.7 Å². The summed E-state index contributed by atoms with van der Waals surface area (Å²) >= 11 is 0.541.